The van der Waals surface area contributed by atoms with Gasteiger partial charge in [-0.25, -0.2) is 17.9 Å². The zero-order valence-electron chi connectivity index (χ0n) is 9.97. The monoisotopic (exact) mass is 272 g/mol. The Kier molecular flexibility index (Phi) is 3.99. The fourth-order valence-electron chi connectivity index (χ4n) is 2.22. The molecule has 0 spiro atoms. The molecule has 1 saturated carbocycles. The van der Waals surface area contributed by atoms with E-state index in [-0.39, 0.29) is 11.6 Å². The summed E-state index contributed by atoms with van der Waals surface area (Å²) in [4.78, 5) is 0. The van der Waals surface area contributed by atoms with E-state index in [4.69, 9.17) is 5.14 Å². The molecule has 1 aromatic carbocycles. The molecule has 0 aliphatic heterocycles. The smallest absolute Gasteiger partial charge is 0.210 e. The van der Waals surface area contributed by atoms with Gasteiger partial charge in [0.15, 0.2) is 0 Å². The summed E-state index contributed by atoms with van der Waals surface area (Å²) in [5.74, 6) is 0.111. The van der Waals surface area contributed by atoms with E-state index in [9.17, 15) is 12.8 Å². The predicted molar refractivity (Wildman–Crippen MR) is 68.1 cm³/mol. The van der Waals surface area contributed by atoms with Gasteiger partial charge in [-0.15, -0.1) is 0 Å². The molecule has 0 unspecified atom stereocenters. The first-order chi connectivity index (χ1) is 8.44. The van der Waals surface area contributed by atoms with Crippen molar-refractivity contribution in [1.82, 2.24) is 5.32 Å². The number of hydrogen-bond donors (Lipinski definition) is 2. The van der Waals surface area contributed by atoms with Gasteiger partial charge in [0.05, 0.1) is 5.75 Å². The van der Waals surface area contributed by atoms with Gasteiger partial charge in [0.2, 0.25) is 10.0 Å². The van der Waals surface area contributed by atoms with Gasteiger partial charge in [-0.2, -0.15) is 0 Å². The van der Waals surface area contributed by atoms with Crippen LogP contribution in [0.15, 0.2) is 24.3 Å². The van der Waals surface area contributed by atoms with Gasteiger partial charge in [0.1, 0.15) is 5.82 Å². The Balaban J connectivity index is 1.74. The van der Waals surface area contributed by atoms with Gasteiger partial charge in [0.25, 0.3) is 0 Å². The lowest BCUT2D eigenvalue weighted by Gasteiger charge is -2.36. The molecule has 3 N–H and O–H groups in total. The minimum absolute atomic E-state index is 0.0475. The highest BCUT2D eigenvalue weighted by molar-refractivity contribution is 7.89. The van der Waals surface area contributed by atoms with Crippen LogP contribution in [0.25, 0.3) is 0 Å². The minimum atomic E-state index is -3.39. The van der Waals surface area contributed by atoms with E-state index < -0.39 is 10.0 Å². The zero-order valence-corrected chi connectivity index (χ0v) is 10.8. The van der Waals surface area contributed by atoms with Gasteiger partial charge >= 0.3 is 0 Å². The normalized spacial score (nSPS) is 23.7. The number of nitrogens with two attached hydrogens (primary N) is 1. The Hall–Kier alpha value is -0.980. The maximum absolute atomic E-state index is 13.0. The Morgan fingerprint density at radius 2 is 2.11 bits per heavy atom. The van der Waals surface area contributed by atoms with Crippen LogP contribution in [0.5, 0.6) is 0 Å². The molecule has 0 amide bonds. The lowest BCUT2D eigenvalue weighted by molar-refractivity contribution is 0.295. The highest BCUT2D eigenvalue weighted by atomic mass is 32.2. The van der Waals surface area contributed by atoms with Gasteiger partial charge in [-0.3, -0.25) is 0 Å². The zero-order chi connectivity index (χ0) is 13.2. The number of nitrogens with one attached hydrogen (secondary N) is 1. The lowest BCUT2D eigenvalue weighted by Crippen LogP contribution is -2.42. The second-order valence-corrected chi connectivity index (χ2v) is 6.48. The molecule has 6 heteroatoms. The first-order valence-corrected chi connectivity index (χ1v) is 7.65. The van der Waals surface area contributed by atoms with Crippen LogP contribution in [0.1, 0.15) is 24.3 Å². The number of hydrogen-bond acceptors (Lipinski definition) is 3. The van der Waals surface area contributed by atoms with E-state index in [0.717, 1.165) is 18.4 Å². The fraction of sp³-hybridized carbons (Fsp3) is 0.500. The maximum atomic E-state index is 13.0. The van der Waals surface area contributed by atoms with Crippen molar-refractivity contribution in [3.63, 3.8) is 0 Å². The molecule has 0 atom stereocenters. The summed E-state index contributed by atoms with van der Waals surface area (Å²) < 4.78 is 34.5. The molecule has 1 fully saturated rings. The Morgan fingerprint density at radius 3 is 2.72 bits per heavy atom. The van der Waals surface area contributed by atoms with Crippen LogP contribution in [0.2, 0.25) is 0 Å². The van der Waals surface area contributed by atoms with Crippen molar-refractivity contribution in [3.8, 4) is 0 Å². The molecule has 4 nitrogen and oxygen atoms in total. The molecule has 18 heavy (non-hydrogen) atoms. The highest BCUT2D eigenvalue weighted by Crippen LogP contribution is 2.36. The predicted octanol–water partition coefficient (Wildman–Crippen LogP) is 0.950. The van der Waals surface area contributed by atoms with Crippen molar-refractivity contribution in [2.45, 2.75) is 24.8 Å². The SMILES string of the molecule is NS(=O)(=O)CCNC1CC(c2cccc(F)c2)C1. The Labute approximate surface area is 106 Å². The second-order valence-electron chi connectivity index (χ2n) is 4.74. The van der Waals surface area contributed by atoms with Crippen molar-refractivity contribution in [2.75, 3.05) is 12.3 Å². The summed E-state index contributed by atoms with van der Waals surface area (Å²) in [6.07, 6.45) is 1.82. The largest absolute Gasteiger partial charge is 0.313 e. The van der Waals surface area contributed by atoms with Crippen LogP contribution in [0, 0.1) is 5.82 Å². The van der Waals surface area contributed by atoms with Crippen LogP contribution in [0.3, 0.4) is 0 Å². The third-order valence-electron chi connectivity index (χ3n) is 3.28. The molecule has 1 aliphatic rings. The van der Waals surface area contributed by atoms with Crippen molar-refractivity contribution >= 4 is 10.0 Å². The second kappa shape index (κ2) is 5.34. The van der Waals surface area contributed by atoms with Crippen molar-refractivity contribution in [2.24, 2.45) is 5.14 Å². The topological polar surface area (TPSA) is 72.2 Å². The van der Waals surface area contributed by atoms with E-state index >= 15 is 0 Å². The van der Waals surface area contributed by atoms with E-state index in [1.165, 1.54) is 6.07 Å². The summed E-state index contributed by atoms with van der Waals surface area (Å²) in [5.41, 5.74) is 1.01. The lowest BCUT2D eigenvalue weighted by atomic mass is 9.76. The molecule has 1 aromatic rings. The first kappa shape index (κ1) is 13.5. The number of sulfonamides is 1. The van der Waals surface area contributed by atoms with Crippen LogP contribution >= 0.6 is 0 Å². The summed E-state index contributed by atoms with van der Waals surface area (Å²) in [7, 11) is -3.39. The molecule has 2 rings (SSSR count). The molecule has 1 aliphatic carbocycles. The van der Waals surface area contributed by atoms with Crippen LogP contribution in [-0.4, -0.2) is 26.8 Å². The molecule has 0 aromatic heterocycles. The quantitative estimate of drug-likeness (QED) is 0.838. The molecule has 0 radical (unpaired) electrons. The highest BCUT2D eigenvalue weighted by Gasteiger charge is 2.29. The number of primary sulfonamides is 1. The number of rotatable bonds is 5. The molecular formula is C12H17FN2O2S. The van der Waals surface area contributed by atoms with E-state index in [0.29, 0.717) is 18.5 Å². The van der Waals surface area contributed by atoms with Gasteiger partial charge in [0, 0.05) is 12.6 Å². The van der Waals surface area contributed by atoms with E-state index in [1.807, 2.05) is 6.07 Å². The van der Waals surface area contributed by atoms with Crippen LogP contribution in [0.4, 0.5) is 4.39 Å². The average Bonchev–Trinajstić information content (AvgIpc) is 2.19. The third-order valence-corrected chi connectivity index (χ3v) is 4.05. The third kappa shape index (κ3) is 3.76. The van der Waals surface area contributed by atoms with Crippen molar-refractivity contribution in [3.05, 3.63) is 35.6 Å². The molecule has 0 saturated heterocycles. The average molecular weight is 272 g/mol. The summed E-state index contributed by atoms with van der Waals surface area (Å²) >= 11 is 0. The number of benzene rings is 1. The summed E-state index contributed by atoms with van der Waals surface area (Å²) in [6, 6.07) is 6.94. The van der Waals surface area contributed by atoms with E-state index in [2.05, 4.69) is 5.32 Å². The van der Waals surface area contributed by atoms with Crippen LogP contribution in [-0.2, 0) is 10.0 Å². The first-order valence-electron chi connectivity index (χ1n) is 5.93. The van der Waals surface area contributed by atoms with Gasteiger partial charge < -0.3 is 5.32 Å². The summed E-state index contributed by atoms with van der Waals surface area (Å²) in [6.45, 7) is 0.374. The van der Waals surface area contributed by atoms with E-state index in [1.54, 1.807) is 12.1 Å². The fourth-order valence-corrected chi connectivity index (χ4v) is 2.62. The Bertz CT molecular complexity index is 513. The molecular weight excluding hydrogens is 255 g/mol. The van der Waals surface area contributed by atoms with Crippen molar-refractivity contribution < 1.29 is 12.8 Å². The van der Waals surface area contributed by atoms with Gasteiger partial charge in [-0.1, -0.05) is 12.1 Å². The molecule has 100 valence electrons. The van der Waals surface area contributed by atoms with Crippen molar-refractivity contribution in [1.29, 1.82) is 0 Å². The molecule has 0 heterocycles. The van der Waals surface area contributed by atoms with Crippen LogP contribution < -0.4 is 10.5 Å². The number of halogens is 1. The minimum Gasteiger partial charge on any atom is -0.313 e. The summed E-state index contributed by atoms with van der Waals surface area (Å²) in [5, 5.41) is 8.04. The Morgan fingerprint density at radius 1 is 1.39 bits per heavy atom. The standard InChI is InChI=1S/C12H17FN2O2S/c13-11-3-1-2-9(6-11)10-7-12(8-10)15-4-5-18(14,16)17/h1-3,6,10,12,15H,4-5,7-8H2,(H2,14,16,17). The maximum Gasteiger partial charge on any atom is 0.210 e. The molecule has 0 bridgehead atoms. The van der Waals surface area contributed by atoms with Gasteiger partial charge in [-0.05, 0) is 36.5 Å².